The molecule has 15 nitrogen and oxygen atoms in total. The molecule has 2 aromatic rings. The van der Waals surface area contributed by atoms with Crippen LogP contribution < -0.4 is 10.6 Å². The van der Waals surface area contributed by atoms with Gasteiger partial charge in [-0.2, -0.15) is 5.10 Å². The Kier molecular flexibility index (Phi) is 8.75. The zero-order valence-corrected chi connectivity index (χ0v) is 27.4. The third-order valence-corrected chi connectivity index (χ3v) is 9.37. The highest BCUT2D eigenvalue weighted by Gasteiger charge is 2.46. The molecule has 4 aliphatic rings. The van der Waals surface area contributed by atoms with E-state index >= 15 is 0 Å². The number of nitrogens with one attached hydrogen (secondary N) is 2. The van der Waals surface area contributed by atoms with E-state index in [-0.39, 0.29) is 61.8 Å². The van der Waals surface area contributed by atoms with E-state index in [9.17, 15) is 33.9 Å². The van der Waals surface area contributed by atoms with Crippen molar-refractivity contribution >= 4 is 41.3 Å². The number of carbonyl (C=O) groups is 6. The van der Waals surface area contributed by atoms with Crippen LogP contribution in [0, 0.1) is 0 Å². The van der Waals surface area contributed by atoms with Crippen molar-refractivity contribution in [1.82, 2.24) is 29.8 Å². The van der Waals surface area contributed by atoms with Crippen LogP contribution in [0.25, 0.3) is 0 Å². The molecule has 0 spiro atoms. The number of benzene rings is 1. The first kappa shape index (κ1) is 33.1. The lowest BCUT2D eigenvalue weighted by atomic mass is 9.89. The number of anilines is 1. The van der Waals surface area contributed by atoms with Crippen molar-refractivity contribution < 1.29 is 38.6 Å². The zero-order chi connectivity index (χ0) is 34.4. The molecular weight excluding hydrogens is 622 g/mol. The van der Waals surface area contributed by atoms with Gasteiger partial charge >= 0.3 is 6.09 Å². The van der Waals surface area contributed by atoms with Gasteiger partial charge < -0.3 is 25.0 Å². The normalized spacial score (nSPS) is 21.7. The Morgan fingerprint density at radius 3 is 2.40 bits per heavy atom. The summed E-state index contributed by atoms with van der Waals surface area (Å²) >= 11 is 0. The molecule has 1 aromatic heterocycles. The van der Waals surface area contributed by atoms with E-state index < -0.39 is 47.0 Å². The Labute approximate surface area is 277 Å². The number of hydrogen-bond acceptors (Lipinski definition) is 10. The quantitative estimate of drug-likeness (QED) is 0.386. The number of amides is 6. The van der Waals surface area contributed by atoms with E-state index in [2.05, 4.69) is 15.7 Å². The SMILES string of the molecule is CC(C)(C)OC(=O)N1CCC(O)(C(=O)N2CCC(n3cc(CNc4cccc5c4C(=O)N(C4CCC(=O)NC4=O)C5=O)cn3)CC2)CC1. The summed E-state index contributed by atoms with van der Waals surface area (Å²) in [5.74, 6) is -2.54. The van der Waals surface area contributed by atoms with E-state index in [1.807, 2.05) is 10.9 Å². The minimum absolute atomic E-state index is 0.0483. The molecule has 5 heterocycles. The molecule has 6 amide bonds. The minimum atomic E-state index is -1.52. The van der Waals surface area contributed by atoms with E-state index in [4.69, 9.17) is 4.74 Å². The van der Waals surface area contributed by atoms with Crippen molar-refractivity contribution in [3.63, 3.8) is 0 Å². The van der Waals surface area contributed by atoms with Crippen LogP contribution in [0.3, 0.4) is 0 Å². The number of piperidine rings is 3. The van der Waals surface area contributed by atoms with Gasteiger partial charge in [-0.3, -0.25) is 38.9 Å². The maximum absolute atomic E-state index is 13.4. The molecule has 15 heteroatoms. The molecule has 0 radical (unpaired) electrons. The molecule has 3 N–H and O–H groups in total. The molecule has 0 aliphatic carbocycles. The van der Waals surface area contributed by atoms with Crippen LogP contribution in [0.15, 0.2) is 30.6 Å². The highest BCUT2D eigenvalue weighted by molar-refractivity contribution is 6.25. The highest BCUT2D eigenvalue weighted by Crippen LogP contribution is 2.33. The first-order valence-corrected chi connectivity index (χ1v) is 16.4. The van der Waals surface area contributed by atoms with Crippen molar-refractivity contribution in [2.45, 2.75) is 89.1 Å². The molecular formula is C33H41N7O8. The maximum atomic E-state index is 13.4. The van der Waals surface area contributed by atoms with Gasteiger partial charge in [0.05, 0.1) is 23.4 Å². The van der Waals surface area contributed by atoms with Crippen LogP contribution in [0.1, 0.15) is 91.6 Å². The monoisotopic (exact) mass is 663 g/mol. The Morgan fingerprint density at radius 1 is 1.02 bits per heavy atom. The largest absolute Gasteiger partial charge is 0.444 e. The summed E-state index contributed by atoms with van der Waals surface area (Å²) in [6, 6.07) is 3.93. The third kappa shape index (κ3) is 6.50. The molecule has 0 bridgehead atoms. The number of nitrogens with zero attached hydrogens (tertiary/aromatic N) is 5. The number of imide groups is 2. The summed E-state index contributed by atoms with van der Waals surface area (Å²) in [5.41, 5.74) is -0.451. The number of rotatable bonds is 6. The second kappa shape index (κ2) is 12.7. The molecule has 256 valence electrons. The third-order valence-electron chi connectivity index (χ3n) is 9.37. The number of ether oxygens (including phenoxy) is 1. The van der Waals surface area contributed by atoms with Crippen LogP contribution >= 0.6 is 0 Å². The van der Waals surface area contributed by atoms with E-state index in [1.165, 1.54) is 4.90 Å². The number of fused-ring (bicyclic) bond motifs is 1. The average molecular weight is 664 g/mol. The second-order valence-corrected chi connectivity index (χ2v) is 13.9. The lowest BCUT2D eigenvalue weighted by molar-refractivity contribution is -0.157. The number of likely N-dealkylation sites (tertiary alicyclic amines) is 2. The van der Waals surface area contributed by atoms with Gasteiger partial charge in [-0.25, -0.2) is 4.79 Å². The number of aromatic nitrogens is 2. The molecule has 3 saturated heterocycles. The number of carbonyl (C=O) groups excluding carboxylic acids is 6. The summed E-state index contributed by atoms with van der Waals surface area (Å²) < 4.78 is 7.28. The average Bonchev–Trinajstić information content (AvgIpc) is 3.62. The Morgan fingerprint density at radius 2 is 1.73 bits per heavy atom. The second-order valence-electron chi connectivity index (χ2n) is 13.9. The molecule has 48 heavy (non-hydrogen) atoms. The molecule has 1 unspecified atom stereocenters. The Bertz CT molecular complexity index is 1650. The molecule has 4 aliphatic heterocycles. The van der Waals surface area contributed by atoms with Crippen LogP contribution in [0.4, 0.5) is 10.5 Å². The highest BCUT2D eigenvalue weighted by atomic mass is 16.6. The molecule has 1 atom stereocenters. The van der Waals surface area contributed by atoms with Gasteiger partial charge in [0.2, 0.25) is 11.8 Å². The van der Waals surface area contributed by atoms with Crippen molar-refractivity contribution in [2.75, 3.05) is 31.5 Å². The van der Waals surface area contributed by atoms with Crippen LogP contribution in [-0.4, -0.2) is 109 Å². The number of hydrogen-bond donors (Lipinski definition) is 3. The first-order chi connectivity index (χ1) is 22.7. The first-order valence-electron chi connectivity index (χ1n) is 16.4. The van der Waals surface area contributed by atoms with E-state index in [1.54, 1.807) is 50.1 Å². The summed E-state index contributed by atoms with van der Waals surface area (Å²) in [5, 5.41) is 21.2. The molecule has 0 saturated carbocycles. The summed E-state index contributed by atoms with van der Waals surface area (Å²) in [4.78, 5) is 80.4. The van der Waals surface area contributed by atoms with Crippen molar-refractivity contribution in [1.29, 1.82) is 0 Å². The van der Waals surface area contributed by atoms with Gasteiger partial charge in [0.25, 0.3) is 17.7 Å². The van der Waals surface area contributed by atoms with Crippen LogP contribution in [0.2, 0.25) is 0 Å². The predicted molar refractivity (Wildman–Crippen MR) is 170 cm³/mol. The summed E-state index contributed by atoms with van der Waals surface area (Å²) in [6.45, 7) is 7.12. The fraction of sp³-hybridized carbons (Fsp3) is 0.545. The van der Waals surface area contributed by atoms with Crippen molar-refractivity contribution in [2.24, 2.45) is 0 Å². The smallest absolute Gasteiger partial charge is 0.410 e. The van der Waals surface area contributed by atoms with Gasteiger partial charge in [0.1, 0.15) is 17.2 Å². The molecule has 3 fully saturated rings. The van der Waals surface area contributed by atoms with Crippen LogP contribution in [-0.2, 0) is 25.7 Å². The van der Waals surface area contributed by atoms with Crippen LogP contribution in [0.5, 0.6) is 0 Å². The maximum Gasteiger partial charge on any atom is 0.410 e. The van der Waals surface area contributed by atoms with Gasteiger partial charge in [0.15, 0.2) is 0 Å². The topological polar surface area (TPSA) is 183 Å². The van der Waals surface area contributed by atoms with Gasteiger partial charge in [-0.05, 0) is 52.2 Å². The number of aliphatic hydroxyl groups is 1. The lowest BCUT2D eigenvalue weighted by Crippen LogP contribution is -2.57. The summed E-state index contributed by atoms with van der Waals surface area (Å²) in [7, 11) is 0. The minimum Gasteiger partial charge on any atom is -0.444 e. The van der Waals surface area contributed by atoms with Crippen molar-refractivity contribution in [3.8, 4) is 0 Å². The summed E-state index contributed by atoms with van der Waals surface area (Å²) in [6.07, 6.45) is 4.92. The standard InChI is InChI=1S/C33H41N7O8/c1-32(2,3)48-31(46)38-15-11-33(47,12-16-38)30(45)37-13-9-21(10-14-37)39-19-20(18-35-39)17-34-23-6-4-5-22-26(23)29(44)40(28(22)43)24-7-8-25(41)36-27(24)42/h4-6,18-19,21,24,34,47H,7-17H2,1-3H3,(H,36,41,42). The Hall–Kier alpha value is -4.79. The van der Waals surface area contributed by atoms with Gasteiger partial charge in [-0.1, -0.05) is 6.07 Å². The van der Waals surface area contributed by atoms with Gasteiger partial charge in [-0.15, -0.1) is 0 Å². The van der Waals surface area contributed by atoms with Gasteiger partial charge in [0, 0.05) is 69.4 Å². The predicted octanol–water partition coefficient (Wildman–Crippen LogP) is 1.82. The Balaban J connectivity index is 1.02. The molecule has 1 aromatic carbocycles. The fourth-order valence-electron chi connectivity index (χ4n) is 6.76. The van der Waals surface area contributed by atoms with E-state index in [0.717, 1.165) is 10.5 Å². The fourth-order valence-corrected chi connectivity index (χ4v) is 6.76. The van der Waals surface area contributed by atoms with E-state index in [0.29, 0.717) is 38.2 Å². The zero-order valence-electron chi connectivity index (χ0n) is 27.4. The molecule has 6 rings (SSSR count). The lowest BCUT2D eigenvalue weighted by Gasteiger charge is -2.41. The van der Waals surface area contributed by atoms with Crippen molar-refractivity contribution in [3.05, 3.63) is 47.3 Å².